The maximum Gasteiger partial charge on any atom is 0.158 e. The van der Waals surface area contributed by atoms with E-state index in [0.717, 1.165) is 0 Å². The quantitative estimate of drug-likeness (QED) is 0.367. The van der Waals surface area contributed by atoms with Crippen molar-refractivity contribution in [1.29, 1.82) is 0 Å². The van der Waals surface area contributed by atoms with E-state index in [1.165, 1.54) is 12.1 Å². The van der Waals surface area contributed by atoms with Crippen molar-refractivity contribution >= 4 is 0 Å². The molecule has 1 aromatic rings. The van der Waals surface area contributed by atoms with E-state index in [4.69, 9.17) is 5.11 Å². The summed E-state index contributed by atoms with van der Waals surface area (Å²) in [6, 6.07) is 7.51. The van der Waals surface area contributed by atoms with Crippen LogP contribution in [0.5, 0.6) is 11.5 Å². The molecule has 0 amide bonds. The van der Waals surface area contributed by atoms with Gasteiger partial charge in [0.25, 0.3) is 0 Å². The second-order valence-corrected chi connectivity index (χ2v) is 3.95. The van der Waals surface area contributed by atoms with Crippen molar-refractivity contribution in [2.24, 2.45) is 0 Å². The Morgan fingerprint density at radius 2 is 1.71 bits per heavy atom. The summed E-state index contributed by atoms with van der Waals surface area (Å²) in [5.74, 6) is 2.64. The van der Waals surface area contributed by atoms with Gasteiger partial charge >= 0.3 is 0 Å². The van der Waals surface area contributed by atoms with Crippen molar-refractivity contribution in [3.8, 4) is 23.5 Å². The van der Waals surface area contributed by atoms with E-state index in [0.29, 0.717) is 10.0 Å². The molecule has 0 aromatic heterocycles. The van der Waals surface area contributed by atoms with Crippen LogP contribution in [0.4, 0.5) is 0 Å². The smallest absolute Gasteiger partial charge is 0.158 e. The average molecular weight is 192 g/mol. The van der Waals surface area contributed by atoms with Gasteiger partial charge in [0.15, 0.2) is 11.5 Å². The maximum absolute atomic E-state index is 9.21. The summed E-state index contributed by atoms with van der Waals surface area (Å²) < 4.78 is 0.529. The van der Waals surface area contributed by atoms with Crippen molar-refractivity contribution in [2.75, 3.05) is 21.1 Å². The minimum atomic E-state index is -0.141. The zero-order valence-electron chi connectivity index (χ0n) is 8.57. The first-order chi connectivity index (χ1) is 6.38. The van der Waals surface area contributed by atoms with Crippen molar-refractivity contribution < 1.29 is 14.7 Å². The van der Waals surface area contributed by atoms with E-state index in [2.05, 4.69) is 12.0 Å². The fourth-order valence-electron chi connectivity index (χ4n) is 0.833. The summed E-state index contributed by atoms with van der Waals surface area (Å²) >= 11 is 0. The number of phenolic OH excluding ortho intramolecular Hbond substituents is 2. The number of hydrogen-bond acceptors (Lipinski definition) is 2. The molecule has 3 heteroatoms. The highest BCUT2D eigenvalue weighted by atomic mass is 16.3. The molecule has 0 spiro atoms. The minimum Gasteiger partial charge on any atom is -0.504 e. The molecule has 74 valence electrons. The van der Waals surface area contributed by atoms with Crippen LogP contribution >= 0.6 is 0 Å². The van der Waals surface area contributed by atoms with Gasteiger partial charge in [0.05, 0.1) is 21.1 Å². The molecule has 0 bridgehead atoms. The lowest BCUT2D eigenvalue weighted by molar-refractivity contribution is -0.800. The Morgan fingerprint density at radius 3 is 2.21 bits per heavy atom. The van der Waals surface area contributed by atoms with Crippen LogP contribution in [0.1, 0.15) is 5.56 Å². The van der Waals surface area contributed by atoms with Crippen LogP contribution < -0.4 is 0 Å². The molecule has 0 unspecified atom stereocenters. The Balaban J connectivity index is 2.98. The molecule has 0 saturated carbocycles. The van der Waals surface area contributed by atoms with Crippen LogP contribution in [0.3, 0.4) is 0 Å². The molecule has 1 rings (SSSR count). The Morgan fingerprint density at radius 1 is 1.07 bits per heavy atom. The zero-order chi connectivity index (χ0) is 10.8. The summed E-state index contributed by atoms with van der Waals surface area (Å²) in [6.07, 6.45) is 0. The van der Waals surface area contributed by atoms with Gasteiger partial charge in [0.1, 0.15) is 6.04 Å². The van der Waals surface area contributed by atoms with E-state index >= 15 is 0 Å². The molecule has 0 aliphatic heterocycles. The number of quaternary nitrogens is 1. The molecule has 3 nitrogen and oxygen atoms in total. The number of nitrogens with zero attached hydrogens (tertiary/aromatic N) is 1. The highest BCUT2D eigenvalue weighted by Gasteiger charge is 2.01. The van der Waals surface area contributed by atoms with Crippen molar-refractivity contribution in [3.05, 3.63) is 23.8 Å². The van der Waals surface area contributed by atoms with Crippen LogP contribution in [-0.4, -0.2) is 35.8 Å². The lowest BCUT2D eigenvalue weighted by Crippen LogP contribution is -2.27. The molecular formula is C11H14NO2+. The van der Waals surface area contributed by atoms with Gasteiger partial charge in [-0.2, -0.15) is 0 Å². The van der Waals surface area contributed by atoms with Crippen LogP contribution in [0, 0.1) is 12.0 Å². The van der Waals surface area contributed by atoms with Crippen LogP contribution in [0.25, 0.3) is 0 Å². The molecule has 14 heavy (non-hydrogen) atoms. The maximum atomic E-state index is 9.21. The number of hydrogen-bond donors (Lipinski definition) is 2. The Bertz CT molecular complexity index is 394. The van der Waals surface area contributed by atoms with Crippen molar-refractivity contribution in [3.63, 3.8) is 0 Å². The SMILES string of the molecule is C[N+](C)(C)C#Cc1ccc(O)c(O)c1. The van der Waals surface area contributed by atoms with Gasteiger partial charge in [-0.3, -0.25) is 4.48 Å². The Labute approximate surface area is 83.8 Å². The third kappa shape index (κ3) is 3.00. The predicted octanol–water partition coefficient (Wildman–Crippen LogP) is 1.11. The lowest BCUT2D eigenvalue weighted by Gasteiger charge is -2.12. The van der Waals surface area contributed by atoms with Gasteiger partial charge < -0.3 is 10.2 Å². The van der Waals surface area contributed by atoms with Gasteiger partial charge in [-0.05, 0) is 24.1 Å². The molecule has 2 N–H and O–H groups in total. The van der Waals surface area contributed by atoms with E-state index in [-0.39, 0.29) is 11.5 Å². The molecule has 0 aliphatic carbocycles. The van der Waals surface area contributed by atoms with Crippen molar-refractivity contribution in [2.45, 2.75) is 0 Å². The molecule has 0 heterocycles. The monoisotopic (exact) mass is 192 g/mol. The summed E-state index contributed by atoms with van der Waals surface area (Å²) in [4.78, 5) is 0. The molecule has 1 aromatic carbocycles. The third-order valence-corrected chi connectivity index (χ3v) is 1.51. The first-order valence-corrected chi connectivity index (χ1v) is 4.25. The normalized spacial score (nSPS) is 10.5. The van der Waals surface area contributed by atoms with Gasteiger partial charge in [0.2, 0.25) is 0 Å². The summed E-state index contributed by atoms with van der Waals surface area (Å²) in [5, 5.41) is 18.3. The first kappa shape index (κ1) is 10.4. The Hall–Kier alpha value is -1.66. The second kappa shape index (κ2) is 3.60. The third-order valence-electron chi connectivity index (χ3n) is 1.51. The first-order valence-electron chi connectivity index (χ1n) is 4.25. The van der Waals surface area contributed by atoms with Gasteiger partial charge in [-0.1, -0.05) is 0 Å². The standard InChI is InChI=1S/C11H13NO2/c1-12(2,3)7-6-9-4-5-10(13)11(14)8-9/h4-5,8H,1-3H3,(H-,13,14)/p+1. The Kier molecular flexibility index (Phi) is 2.68. The molecule has 0 atom stereocenters. The molecular weight excluding hydrogens is 178 g/mol. The van der Waals surface area contributed by atoms with Gasteiger partial charge in [0, 0.05) is 5.56 Å². The van der Waals surface area contributed by atoms with Crippen LogP contribution in [0.15, 0.2) is 18.2 Å². The molecule has 0 aliphatic rings. The van der Waals surface area contributed by atoms with E-state index in [1.54, 1.807) is 6.07 Å². The zero-order valence-corrected chi connectivity index (χ0v) is 8.57. The fourth-order valence-corrected chi connectivity index (χ4v) is 0.833. The molecule has 0 saturated heterocycles. The highest BCUT2D eigenvalue weighted by Crippen LogP contribution is 2.24. The topological polar surface area (TPSA) is 40.5 Å². The van der Waals surface area contributed by atoms with Gasteiger partial charge in [-0.15, -0.1) is 0 Å². The predicted molar refractivity (Wildman–Crippen MR) is 54.7 cm³/mol. The summed E-state index contributed by atoms with van der Waals surface area (Å²) in [6.45, 7) is 0. The average Bonchev–Trinajstić information content (AvgIpc) is 2.06. The summed E-state index contributed by atoms with van der Waals surface area (Å²) in [7, 11) is 5.85. The molecule has 0 radical (unpaired) electrons. The number of rotatable bonds is 0. The number of phenols is 2. The fraction of sp³-hybridized carbons (Fsp3) is 0.273. The molecule has 0 fully saturated rings. The summed E-state index contributed by atoms with van der Waals surface area (Å²) in [5.41, 5.74) is 0.688. The van der Waals surface area contributed by atoms with E-state index in [9.17, 15) is 5.11 Å². The second-order valence-electron chi connectivity index (χ2n) is 3.95. The van der Waals surface area contributed by atoms with Crippen LogP contribution in [-0.2, 0) is 0 Å². The van der Waals surface area contributed by atoms with Crippen molar-refractivity contribution in [1.82, 2.24) is 0 Å². The highest BCUT2D eigenvalue weighted by molar-refractivity contribution is 5.46. The largest absolute Gasteiger partial charge is 0.504 e. The number of benzene rings is 1. The van der Waals surface area contributed by atoms with E-state index in [1.807, 2.05) is 21.1 Å². The van der Waals surface area contributed by atoms with E-state index < -0.39 is 0 Å². The van der Waals surface area contributed by atoms with Crippen LogP contribution in [0.2, 0.25) is 0 Å². The number of aromatic hydroxyl groups is 2. The lowest BCUT2D eigenvalue weighted by atomic mass is 10.2. The van der Waals surface area contributed by atoms with Gasteiger partial charge in [-0.25, -0.2) is 0 Å². The minimum absolute atomic E-state index is 0.124.